The van der Waals surface area contributed by atoms with E-state index in [1.807, 2.05) is 18.0 Å². The molecule has 2 rings (SSSR count). The predicted octanol–water partition coefficient (Wildman–Crippen LogP) is 2.41. The molecule has 1 aliphatic rings. The van der Waals surface area contributed by atoms with Crippen LogP contribution in [0.25, 0.3) is 0 Å². The molecule has 104 valence electrons. The summed E-state index contributed by atoms with van der Waals surface area (Å²) in [5.74, 6) is 2.52. The standard InChI is InChI=1S/C13H18FN3S2/c1-18-12-3-2-11(14)8-10(12)9-16-13(15)17-4-6-19-7-5-17/h2-3,8H,4-7,9H2,1H3,(H2,15,16). The zero-order valence-corrected chi connectivity index (χ0v) is 12.6. The molecule has 1 fully saturated rings. The molecule has 0 radical (unpaired) electrons. The Hall–Kier alpha value is -0.880. The van der Waals surface area contributed by atoms with Crippen LogP contribution in [0.3, 0.4) is 0 Å². The van der Waals surface area contributed by atoms with Crippen LogP contribution in [-0.4, -0.2) is 41.7 Å². The summed E-state index contributed by atoms with van der Waals surface area (Å²) in [6.45, 7) is 2.32. The summed E-state index contributed by atoms with van der Waals surface area (Å²) in [5.41, 5.74) is 6.88. The second-order valence-corrected chi connectivity index (χ2v) is 6.30. The molecule has 3 nitrogen and oxygen atoms in total. The fourth-order valence-corrected chi connectivity index (χ4v) is 3.42. The summed E-state index contributed by atoms with van der Waals surface area (Å²) in [6.07, 6.45) is 1.98. The Morgan fingerprint density at radius 2 is 2.21 bits per heavy atom. The Kier molecular flexibility index (Phi) is 5.39. The molecule has 1 saturated heterocycles. The van der Waals surface area contributed by atoms with Gasteiger partial charge in [0.1, 0.15) is 5.82 Å². The van der Waals surface area contributed by atoms with Gasteiger partial charge in [0.05, 0.1) is 6.54 Å². The van der Waals surface area contributed by atoms with Crippen LogP contribution in [0.5, 0.6) is 0 Å². The van der Waals surface area contributed by atoms with Crippen molar-refractivity contribution in [3.63, 3.8) is 0 Å². The molecule has 0 saturated carbocycles. The van der Waals surface area contributed by atoms with E-state index in [1.54, 1.807) is 17.8 Å². The van der Waals surface area contributed by atoms with Crippen LogP contribution in [0.15, 0.2) is 28.1 Å². The van der Waals surface area contributed by atoms with E-state index in [4.69, 9.17) is 5.73 Å². The minimum absolute atomic E-state index is 0.226. The average molecular weight is 299 g/mol. The Labute approximate surface area is 121 Å². The number of benzene rings is 1. The second kappa shape index (κ2) is 7.05. The first-order valence-corrected chi connectivity index (χ1v) is 8.53. The molecule has 19 heavy (non-hydrogen) atoms. The normalized spacial score (nSPS) is 16.7. The van der Waals surface area contributed by atoms with Crippen molar-refractivity contribution >= 4 is 29.5 Å². The maximum atomic E-state index is 13.3. The number of aliphatic imine (C=N–C) groups is 1. The van der Waals surface area contributed by atoms with Gasteiger partial charge in [-0.15, -0.1) is 11.8 Å². The van der Waals surface area contributed by atoms with Gasteiger partial charge in [-0.25, -0.2) is 9.38 Å². The van der Waals surface area contributed by atoms with E-state index in [0.29, 0.717) is 12.5 Å². The molecule has 0 aliphatic carbocycles. The maximum absolute atomic E-state index is 13.3. The molecule has 0 atom stereocenters. The van der Waals surface area contributed by atoms with E-state index in [2.05, 4.69) is 9.89 Å². The zero-order valence-electron chi connectivity index (χ0n) is 10.9. The van der Waals surface area contributed by atoms with Gasteiger partial charge in [-0.1, -0.05) is 0 Å². The summed E-state index contributed by atoms with van der Waals surface area (Å²) in [5, 5.41) is 0. The average Bonchev–Trinajstić information content (AvgIpc) is 2.46. The SMILES string of the molecule is CSc1ccc(F)cc1CN=C(N)N1CCSCC1. The van der Waals surface area contributed by atoms with Gasteiger partial charge in [-0.2, -0.15) is 11.8 Å². The molecule has 0 amide bonds. The minimum Gasteiger partial charge on any atom is -0.370 e. The fourth-order valence-electron chi connectivity index (χ4n) is 1.93. The van der Waals surface area contributed by atoms with Crippen LogP contribution in [0, 0.1) is 5.82 Å². The third kappa shape index (κ3) is 4.04. The molecule has 0 bridgehead atoms. The first-order valence-electron chi connectivity index (χ1n) is 6.15. The van der Waals surface area contributed by atoms with Crippen LogP contribution in [0.2, 0.25) is 0 Å². The maximum Gasteiger partial charge on any atom is 0.191 e. The summed E-state index contributed by atoms with van der Waals surface area (Å²) >= 11 is 3.53. The monoisotopic (exact) mass is 299 g/mol. The zero-order chi connectivity index (χ0) is 13.7. The number of hydrogen-bond acceptors (Lipinski definition) is 3. The Balaban J connectivity index is 2.05. The van der Waals surface area contributed by atoms with Crippen molar-refractivity contribution in [3.8, 4) is 0 Å². The molecule has 1 aliphatic heterocycles. The van der Waals surface area contributed by atoms with E-state index in [0.717, 1.165) is 35.1 Å². The van der Waals surface area contributed by atoms with Crippen molar-refractivity contribution in [2.45, 2.75) is 11.4 Å². The van der Waals surface area contributed by atoms with Crippen LogP contribution in [0.1, 0.15) is 5.56 Å². The number of halogens is 1. The van der Waals surface area contributed by atoms with E-state index >= 15 is 0 Å². The summed E-state index contributed by atoms with van der Waals surface area (Å²) in [4.78, 5) is 7.54. The van der Waals surface area contributed by atoms with Gasteiger partial charge in [-0.3, -0.25) is 0 Å². The van der Waals surface area contributed by atoms with E-state index in [-0.39, 0.29) is 5.82 Å². The van der Waals surface area contributed by atoms with Gasteiger partial charge in [0, 0.05) is 29.5 Å². The lowest BCUT2D eigenvalue weighted by molar-refractivity contribution is 0.455. The van der Waals surface area contributed by atoms with E-state index in [9.17, 15) is 4.39 Å². The molecule has 0 aromatic heterocycles. The molecule has 0 spiro atoms. The molecule has 1 aromatic rings. The lowest BCUT2D eigenvalue weighted by Gasteiger charge is -2.27. The highest BCUT2D eigenvalue weighted by Crippen LogP contribution is 2.22. The van der Waals surface area contributed by atoms with Gasteiger partial charge in [0.2, 0.25) is 0 Å². The third-order valence-electron chi connectivity index (χ3n) is 2.99. The van der Waals surface area contributed by atoms with Crippen molar-refractivity contribution < 1.29 is 4.39 Å². The smallest absolute Gasteiger partial charge is 0.191 e. The third-order valence-corrected chi connectivity index (χ3v) is 4.77. The number of hydrogen-bond donors (Lipinski definition) is 1. The molecule has 1 heterocycles. The quantitative estimate of drug-likeness (QED) is 0.529. The molecule has 6 heteroatoms. The minimum atomic E-state index is -0.226. The van der Waals surface area contributed by atoms with Crippen molar-refractivity contribution in [2.24, 2.45) is 10.7 Å². The van der Waals surface area contributed by atoms with Gasteiger partial charge in [0.15, 0.2) is 5.96 Å². The van der Waals surface area contributed by atoms with Crippen molar-refractivity contribution in [1.82, 2.24) is 4.90 Å². The summed E-state index contributed by atoms with van der Waals surface area (Å²) < 4.78 is 13.3. The van der Waals surface area contributed by atoms with Gasteiger partial charge in [0.25, 0.3) is 0 Å². The lowest BCUT2D eigenvalue weighted by atomic mass is 10.2. The second-order valence-electron chi connectivity index (χ2n) is 4.23. The predicted molar refractivity (Wildman–Crippen MR) is 82.4 cm³/mol. The highest BCUT2D eigenvalue weighted by molar-refractivity contribution is 7.99. The molecule has 1 aromatic carbocycles. The van der Waals surface area contributed by atoms with E-state index in [1.165, 1.54) is 12.1 Å². The molecule has 2 N–H and O–H groups in total. The van der Waals surface area contributed by atoms with Crippen LogP contribution in [0.4, 0.5) is 4.39 Å². The number of rotatable bonds is 3. The fraction of sp³-hybridized carbons (Fsp3) is 0.462. The Morgan fingerprint density at radius 3 is 2.89 bits per heavy atom. The van der Waals surface area contributed by atoms with Crippen molar-refractivity contribution in [3.05, 3.63) is 29.6 Å². The van der Waals surface area contributed by atoms with Crippen molar-refractivity contribution in [2.75, 3.05) is 30.9 Å². The largest absolute Gasteiger partial charge is 0.370 e. The van der Waals surface area contributed by atoms with E-state index < -0.39 is 0 Å². The highest BCUT2D eigenvalue weighted by atomic mass is 32.2. The van der Waals surface area contributed by atoms with Crippen LogP contribution >= 0.6 is 23.5 Å². The first-order chi connectivity index (χ1) is 9.20. The number of nitrogens with zero attached hydrogens (tertiary/aromatic N) is 2. The molecular weight excluding hydrogens is 281 g/mol. The topological polar surface area (TPSA) is 41.6 Å². The van der Waals surface area contributed by atoms with Crippen LogP contribution < -0.4 is 5.73 Å². The lowest BCUT2D eigenvalue weighted by Crippen LogP contribution is -2.42. The van der Waals surface area contributed by atoms with Gasteiger partial charge < -0.3 is 10.6 Å². The van der Waals surface area contributed by atoms with Gasteiger partial charge in [-0.05, 0) is 30.0 Å². The number of guanidine groups is 1. The number of nitrogens with two attached hydrogens (primary N) is 1. The Bertz CT molecular complexity index is 459. The van der Waals surface area contributed by atoms with Gasteiger partial charge >= 0.3 is 0 Å². The van der Waals surface area contributed by atoms with Crippen LogP contribution in [-0.2, 0) is 6.54 Å². The van der Waals surface area contributed by atoms with Crippen molar-refractivity contribution in [1.29, 1.82) is 0 Å². The Morgan fingerprint density at radius 1 is 1.47 bits per heavy atom. The molecule has 0 unspecified atom stereocenters. The number of thioether (sulfide) groups is 2. The first kappa shape index (κ1) is 14.5. The summed E-state index contributed by atoms with van der Waals surface area (Å²) in [7, 11) is 0. The summed E-state index contributed by atoms with van der Waals surface area (Å²) in [6, 6.07) is 4.80. The highest BCUT2D eigenvalue weighted by Gasteiger charge is 2.12. The molecular formula is C13H18FN3S2.